The lowest BCUT2D eigenvalue weighted by atomic mass is 10.4. The highest BCUT2D eigenvalue weighted by Gasteiger charge is 1.98. The van der Waals surface area contributed by atoms with Crippen LogP contribution in [-0.2, 0) is 7.05 Å². The number of aryl methyl sites for hydroxylation is 1. The molecule has 0 aromatic carbocycles. The Hall–Kier alpha value is -0.760. The van der Waals surface area contributed by atoms with E-state index in [4.69, 9.17) is 11.6 Å². The van der Waals surface area contributed by atoms with Gasteiger partial charge in [-0.05, 0) is 0 Å². The van der Waals surface area contributed by atoms with E-state index in [0.29, 0.717) is 5.15 Å². The lowest BCUT2D eigenvalue weighted by Crippen LogP contribution is -1.87. The first-order chi connectivity index (χ1) is 4.25. The summed E-state index contributed by atoms with van der Waals surface area (Å²) in [5.74, 6) is 0. The summed E-state index contributed by atoms with van der Waals surface area (Å²) in [5.41, 5.74) is 0.874. The third-order valence-electron chi connectivity index (χ3n) is 1.11. The second-order valence-electron chi connectivity index (χ2n) is 1.72. The number of hydrogen-bond donors (Lipinski definition) is 0. The molecule has 0 spiro atoms. The van der Waals surface area contributed by atoms with Gasteiger partial charge in [0.05, 0.1) is 6.20 Å². The number of hydrogen-bond acceptors (Lipinski definition) is 1. The van der Waals surface area contributed by atoms with Crippen LogP contribution in [0.25, 0.3) is 6.08 Å². The Morgan fingerprint density at radius 3 is 2.78 bits per heavy atom. The van der Waals surface area contributed by atoms with Gasteiger partial charge in [-0.3, -0.25) is 4.68 Å². The number of rotatable bonds is 1. The van der Waals surface area contributed by atoms with Crippen molar-refractivity contribution in [2.24, 2.45) is 7.05 Å². The van der Waals surface area contributed by atoms with Gasteiger partial charge in [-0.25, -0.2) is 0 Å². The Balaban J connectivity index is 3.18. The summed E-state index contributed by atoms with van der Waals surface area (Å²) in [6.07, 6.45) is 3.35. The van der Waals surface area contributed by atoms with Crippen molar-refractivity contribution < 1.29 is 0 Å². The molecular weight excluding hydrogens is 136 g/mol. The molecule has 0 saturated heterocycles. The van der Waals surface area contributed by atoms with Crippen molar-refractivity contribution in [3.8, 4) is 0 Å². The van der Waals surface area contributed by atoms with Crippen LogP contribution >= 0.6 is 11.6 Å². The largest absolute Gasteiger partial charge is 0.256 e. The lowest BCUT2D eigenvalue weighted by molar-refractivity contribution is 0.768. The minimum Gasteiger partial charge on any atom is -0.256 e. The van der Waals surface area contributed by atoms with Crippen molar-refractivity contribution in [2.75, 3.05) is 0 Å². The maximum absolute atomic E-state index is 5.74. The molecule has 0 radical (unpaired) electrons. The molecule has 1 aromatic rings. The van der Waals surface area contributed by atoms with Gasteiger partial charge in [0, 0.05) is 12.6 Å². The Morgan fingerprint density at radius 1 is 1.89 bits per heavy atom. The van der Waals surface area contributed by atoms with Gasteiger partial charge >= 0.3 is 0 Å². The van der Waals surface area contributed by atoms with Crippen LogP contribution in [0, 0.1) is 0 Å². The zero-order valence-corrected chi connectivity index (χ0v) is 5.89. The van der Waals surface area contributed by atoms with E-state index in [1.165, 1.54) is 0 Å². The van der Waals surface area contributed by atoms with Crippen LogP contribution in [-0.4, -0.2) is 9.78 Å². The van der Waals surface area contributed by atoms with E-state index in [1.54, 1.807) is 24.0 Å². The summed E-state index contributed by atoms with van der Waals surface area (Å²) in [6.45, 7) is 3.57. The van der Waals surface area contributed by atoms with Crippen molar-refractivity contribution in [3.05, 3.63) is 23.5 Å². The van der Waals surface area contributed by atoms with Crippen LogP contribution in [0.15, 0.2) is 12.8 Å². The van der Waals surface area contributed by atoms with Crippen molar-refractivity contribution in [3.63, 3.8) is 0 Å². The topological polar surface area (TPSA) is 17.8 Å². The summed E-state index contributed by atoms with van der Waals surface area (Å²) < 4.78 is 1.60. The lowest BCUT2D eigenvalue weighted by Gasteiger charge is -1.88. The number of aromatic nitrogens is 2. The van der Waals surface area contributed by atoms with Gasteiger partial charge in [0.2, 0.25) is 0 Å². The maximum Gasteiger partial charge on any atom is 0.133 e. The monoisotopic (exact) mass is 142 g/mol. The predicted octanol–water partition coefficient (Wildman–Crippen LogP) is 1.72. The van der Waals surface area contributed by atoms with Gasteiger partial charge < -0.3 is 0 Å². The average molecular weight is 143 g/mol. The Labute approximate surface area is 58.7 Å². The fourth-order valence-electron chi connectivity index (χ4n) is 0.577. The van der Waals surface area contributed by atoms with Crippen LogP contribution in [0.3, 0.4) is 0 Å². The highest BCUT2D eigenvalue weighted by Crippen LogP contribution is 2.13. The molecule has 2 nitrogen and oxygen atoms in total. The van der Waals surface area contributed by atoms with Crippen molar-refractivity contribution >= 4 is 17.7 Å². The summed E-state index contributed by atoms with van der Waals surface area (Å²) in [4.78, 5) is 0. The van der Waals surface area contributed by atoms with E-state index >= 15 is 0 Å². The fourth-order valence-corrected chi connectivity index (χ4v) is 0.746. The second-order valence-corrected chi connectivity index (χ2v) is 2.08. The third kappa shape index (κ3) is 0.980. The van der Waals surface area contributed by atoms with E-state index in [2.05, 4.69) is 11.7 Å². The van der Waals surface area contributed by atoms with Gasteiger partial charge in [-0.15, -0.1) is 0 Å². The molecule has 0 fully saturated rings. The van der Waals surface area contributed by atoms with Crippen LogP contribution < -0.4 is 0 Å². The van der Waals surface area contributed by atoms with Gasteiger partial charge in [-0.2, -0.15) is 5.10 Å². The first-order valence-electron chi connectivity index (χ1n) is 2.55. The van der Waals surface area contributed by atoms with Crippen LogP contribution in [0.1, 0.15) is 5.56 Å². The van der Waals surface area contributed by atoms with Crippen molar-refractivity contribution in [1.82, 2.24) is 9.78 Å². The van der Waals surface area contributed by atoms with Gasteiger partial charge in [0.15, 0.2) is 0 Å². The minimum absolute atomic E-state index is 0.630. The standard InChI is InChI=1S/C6H7ClN2/c1-3-5-4-8-9(2)6(5)7/h3-4H,1H2,2H3. The summed E-state index contributed by atoms with van der Waals surface area (Å²) in [6, 6.07) is 0. The normalized spacial score (nSPS) is 9.56. The minimum atomic E-state index is 0.630. The summed E-state index contributed by atoms with van der Waals surface area (Å²) in [5, 5.41) is 4.53. The van der Waals surface area contributed by atoms with E-state index < -0.39 is 0 Å². The molecule has 0 atom stereocenters. The Morgan fingerprint density at radius 2 is 2.56 bits per heavy atom. The highest BCUT2D eigenvalue weighted by atomic mass is 35.5. The molecule has 0 aliphatic carbocycles. The van der Waals surface area contributed by atoms with E-state index in [1.807, 2.05) is 0 Å². The van der Waals surface area contributed by atoms with E-state index in [-0.39, 0.29) is 0 Å². The SMILES string of the molecule is C=Cc1cnn(C)c1Cl. The third-order valence-corrected chi connectivity index (χ3v) is 1.58. The van der Waals surface area contributed by atoms with E-state index in [0.717, 1.165) is 5.56 Å². The maximum atomic E-state index is 5.74. The zero-order valence-electron chi connectivity index (χ0n) is 5.13. The van der Waals surface area contributed by atoms with Crippen molar-refractivity contribution in [2.45, 2.75) is 0 Å². The average Bonchev–Trinajstić information content (AvgIpc) is 2.15. The second kappa shape index (κ2) is 2.23. The van der Waals surface area contributed by atoms with Gasteiger partial charge in [0.25, 0.3) is 0 Å². The molecule has 9 heavy (non-hydrogen) atoms. The highest BCUT2D eigenvalue weighted by molar-refractivity contribution is 6.31. The summed E-state index contributed by atoms with van der Waals surface area (Å²) in [7, 11) is 1.79. The molecule has 48 valence electrons. The smallest absolute Gasteiger partial charge is 0.133 e. The van der Waals surface area contributed by atoms with E-state index in [9.17, 15) is 0 Å². The quantitative estimate of drug-likeness (QED) is 0.584. The van der Waals surface area contributed by atoms with Crippen LogP contribution in [0.5, 0.6) is 0 Å². The number of nitrogens with zero attached hydrogens (tertiary/aromatic N) is 2. The predicted molar refractivity (Wildman–Crippen MR) is 38.3 cm³/mol. The molecular formula is C6H7ClN2. The molecule has 0 N–H and O–H groups in total. The molecule has 0 bridgehead atoms. The van der Waals surface area contributed by atoms with Crippen LogP contribution in [0.4, 0.5) is 0 Å². The molecule has 0 aliphatic rings. The Bertz CT molecular complexity index is 227. The first-order valence-corrected chi connectivity index (χ1v) is 2.93. The molecule has 0 aliphatic heterocycles. The van der Waals surface area contributed by atoms with Crippen LogP contribution in [0.2, 0.25) is 5.15 Å². The number of halogens is 1. The van der Waals surface area contributed by atoms with Gasteiger partial charge in [-0.1, -0.05) is 24.3 Å². The molecule has 1 aromatic heterocycles. The van der Waals surface area contributed by atoms with Crippen molar-refractivity contribution in [1.29, 1.82) is 0 Å². The molecule has 1 rings (SSSR count). The first kappa shape index (κ1) is 6.36. The van der Waals surface area contributed by atoms with Gasteiger partial charge in [0.1, 0.15) is 5.15 Å². The molecule has 1 heterocycles. The Kier molecular flexibility index (Phi) is 1.58. The zero-order chi connectivity index (χ0) is 6.85. The molecule has 0 saturated carbocycles. The summed E-state index contributed by atoms with van der Waals surface area (Å²) >= 11 is 5.74. The molecule has 0 amide bonds. The fraction of sp³-hybridized carbons (Fsp3) is 0.167. The molecule has 3 heteroatoms. The molecule has 0 unspecified atom stereocenters.